The van der Waals surface area contributed by atoms with Crippen LogP contribution in [0.4, 0.5) is 5.69 Å². The van der Waals surface area contributed by atoms with Crippen molar-refractivity contribution in [3.8, 4) is 11.5 Å². The Morgan fingerprint density at radius 2 is 1.24 bits per heavy atom. The number of carbonyl (C=O) groups excluding carboxylic acids is 2. The van der Waals surface area contributed by atoms with Crippen LogP contribution in [0.1, 0.15) is 92.5 Å². The topological polar surface area (TPSA) is 187 Å². The number of anilines is 1. The number of benzene rings is 5. The molecule has 4 N–H and O–H groups in total. The summed E-state index contributed by atoms with van der Waals surface area (Å²) >= 11 is 0. The number of hydrogen-bond donors (Lipinski definition) is 4. The van der Waals surface area contributed by atoms with Crippen molar-refractivity contribution in [3.63, 3.8) is 0 Å². The molecule has 1 aliphatic rings. The van der Waals surface area contributed by atoms with Crippen LogP contribution in [0.2, 0.25) is 0 Å². The molecule has 0 aliphatic heterocycles. The number of allylic oxidation sites excluding steroid dienone is 1. The van der Waals surface area contributed by atoms with Crippen LogP contribution in [0.3, 0.4) is 0 Å². The van der Waals surface area contributed by atoms with Crippen LogP contribution in [0, 0.1) is 0 Å². The summed E-state index contributed by atoms with van der Waals surface area (Å²) in [5.41, 5.74) is 3.54. The second kappa shape index (κ2) is 19.8. The van der Waals surface area contributed by atoms with Crippen molar-refractivity contribution >= 4 is 66.8 Å². The average Bonchev–Trinajstić information content (AvgIpc) is 3.37. The van der Waals surface area contributed by atoms with Crippen LogP contribution in [0.5, 0.6) is 11.5 Å². The maximum Gasteiger partial charge on any atom is 0.305 e. The predicted octanol–water partition coefficient (Wildman–Crippen LogP) is 6.40. The average molecular weight is 814 g/mol. The standard InChI is InChI=1S/C46H55NO12/c1-26-20-30-29(12-8-5-6-9-13-34(52)58-18-16-55-2)45(54)41-33(51)23-28(25-49)37-36-27(24-48)22-32(50)40-42(36)39(38(30)43(37)41)31(21-26)46(57-4)44(40)47-15-11-7-10-14-35(53)59-19-17-56-3/h20,22-23,47-49,54H,5-19,21,24-25H2,1-4H3. The van der Waals surface area contributed by atoms with Crippen molar-refractivity contribution in [2.45, 2.75) is 90.8 Å². The Hall–Kier alpha value is -5.08. The van der Waals surface area contributed by atoms with E-state index in [1.807, 2.05) is 13.0 Å². The number of rotatable bonds is 23. The maximum absolute atomic E-state index is 14.3. The molecule has 0 aromatic heterocycles. The van der Waals surface area contributed by atoms with Gasteiger partial charge in [0.15, 0.2) is 10.9 Å². The molecule has 59 heavy (non-hydrogen) atoms. The molecule has 0 radical (unpaired) electrons. The third-order valence-corrected chi connectivity index (χ3v) is 11.3. The first-order chi connectivity index (χ1) is 28.6. The number of aromatic hydroxyl groups is 1. The lowest BCUT2D eigenvalue weighted by Crippen LogP contribution is -2.14. The van der Waals surface area contributed by atoms with Crippen molar-refractivity contribution < 1.29 is 48.6 Å². The molecule has 316 valence electrons. The number of aliphatic hydroxyl groups excluding tert-OH is 2. The van der Waals surface area contributed by atoms with Gasteiger partial charge in [0.1, 0.15) is 24.7 Å². The molecule has 0 bridgehead atoms. The van der Waals surface area contributed by atoms with E-state index in [1.165, 1.54) is 12.1 Å². The number of unbranched alkanes of at least 4 members (excludes halogenated alkanes) is 5. The minimum atomic E-state index is -0.485. The van der Waals surface area contributed by atoms with Gasteiger partial charge in [-0.15, -0.1) is 0 Å². The molecule has 0 amide bonds. The van der Waals surface area contributed by atoms with Crippen LogP contribution in [0.25, 0.3) is 49.2 Å². The fourth-order valence-corrected chi connectivity index (χ4v) is 8.74. The normalized spacial score (nSPS) is 12.5. The number of esters is 2. The quantitative estimate of drug-likeness (QED) is 0.0246. The Labute approximate surface area is 342 Å². The van der Waals surface area contributed by atoms with E-state index < -0.39 is 18.6 Å². The van der Waals surface area contributed by atoms with Crippen molar-refractivity contribution in [2.24, 2.45) is 0 Å². The zero-order valence-electron chi connectivity index (χ0n) is 34.5. The summed E-state index contributed by atoms with van der Waals surface area (Å²) in [7, 11) is 4.66. The van der Waals surface area contributed by atoms with Gasteiger partial charge in [-0.1, -0.05) is 30.9 Å². The molecule has 0 atom stereocenters. The largest absolute Gasteiger partial charge is 0.507 e. The summed E-state index contributed by atoms with van der Waals surface area (Å²) in [4.78, 5) is 52.6. The SMILES string of the molecule is COCCOC(=O)CCCCCCc1c(O)c2c(=O)cc(CO)c3c4c(CO)cc(=O)c5c(NCCCCCC(=O)OCCOC)c(OC)c6c(c(c1C=C(C)C6)c23)c54. The Bertz CT molecular complexity index is 2480. The van der Waals surface area contributed by atoms with Crippen molar-refractivity contribution in [3.05, 3.63) is 66.0 Å². The Balaban J connectivity index is 1.47. The van der Waals surface area contributed by atoms with Crippen molar-refractivity contribution in [2.75, 3.05) is 59.6 Å². The number of fused-ring (bicyclic) bond motifs is 1. The summed E-state index contributed by atoms with van der Waals surface area (Å²) in [5, 5.41) is 41.2. The van der Waals surface area contributed by atoms with Gasteiger partial charge in [-0.3, -0.25) is 19.2 Å². The summed E-state index contributed by atoms with van der Waals surface area (Å²) in [6.45, 7) is 2.63. The molecule has 0 heterocycles. The van der Waals surface area contributed by atoms with Crippen molar-refractivity contribution in [1.29, 1.82) is 0 Å². The van der Waals surface area contributed by atoms with E-state index >= 15 is 0 Å². The van der Waals surface area contributed by atoms with E-state index in [0.717, 1.165) is 36.0 Å². The Morgan fingerprint density at radius 3 is 1.81 bits per heavy atom. The number of nitrogens with one attached hydrogen (secondary N) is 1. The van der Waals surface area contributed by atoms with Gasteiger partial charge in [0, 0.05) is 55.5 Å². The summed E-state index contributed by atoms with van der Waals surface area (Å²) in [6, 6.07) is 2.75. The van der Waals surface area contributed by atoms with Gasteiger partial charge in [-0.2, -0.15) is 0 Å². The van der Waals surface area contributed by atoms with Crippen LogP contribution in [-0.4, -0.2) is 81.6 Å². The monoisotopic (exact) mass is 813 g/mol. The van der Waals surface area contributed by atoms with E-state index in [9.17, 15) is 34.5 Å². The molecule has 6 rings (SSSR count). The molecule has 1 aliphatic carbocycles. The molecule has 13 heteroatoms. The first kappa shape index (κ1) is 43.5. The minimum absolute atomic E-state index is 0.122. The highest BCUT2D eigenvalue weighted by Crippen LogP contribution is 2.53. The number of phenolic OH excluding ortho intramolecular Hbond substituents is 1. The van der Waals surface area contributed by atoms with E-state index in [1.54, 1.807) is 21.3 Å². The highest BCUT2D eigenvalue weighted by atomic mass is 16.6. The van der Waals surface area contributed by atoms with Gasteiger partial charge in [0.2, 0.25) is 0 Å². The second-order valence-corrected chi connectivity index (χ2v) is 15.3. The van der Waals surface area contributed by atoms with E-state index in [2.05, 4.69) is 5.32 Å². The highest BCUT2D eigenvalue weighted by molar-refractivity contribution is 6.38. The summed E-state index contributed by atoms with van der Waals surface area (Å²) in [6.07, 6.45) is 8.41. The third-order valence-electron chi connectivity index (χ3n) is 11.3. The molecule has 13 nitrogen and oxygen atoms in total. The van der Waals surface area contributed by atoms with Gasteiger partial charge in [0.05, 0.1) is 50.0 Å². The molecule has 0 saturated carbocycles. The Kier molecular flexibility index (Phi) is 14.6. The van der Waals surface area contributed by atoms with Crippen molar-refractivity contribution in [1.82, 2.24) is 0 Å². The molecule has 5 aromatic rings. The number of aliphatic hydroxyl groups is 2. The number of carbonyl (C=O) groups is 2. The van der Waals surface area contributed by atoms with Crippen LogP contribution >= 0.6 is 0 Å². The van der Waals surface area contributed by atoms with E-state index in [-0.39, 0.29) is 48.1 Å². The molecule has 0 saturated heterocycles. The van der Waals surface area contributed by atoms with Crippen LogP contribution in [-0.2, 0) is 54.6 Å². The van der Waals surface area contributed by atoms with E-state index in [0.29, 0.717) is 131 Å². The zero-order chi connectivity index (χ0) is 42.2. The summed E-state index contributed by atoms with van der Waals surface area (Å²) in [5.74, 6) is -0.182. The number of hydrogen-bond acceptors (Lipinski definition) is 13. The minimum Gasteiger partial charge on any atom is -0.507 e. The first-order valence-electron chi connectivity index (χ1n) is 20.5. The lowest BCUT2D eigenvalue weighted by atomic mass is 9.80. The fourth-order valence-electron chi connectivity index (χ4n) is 8.74. The molecular formula is C46H55NO12. The van der Waals surface area contributed by atoms with Gasteiger partial charge < -0.3 is 44.3 Å². The van der Waals surface area contributed by atoms with Crippen LogP contribution in [0.15, 0.2) is 27.3 Å². The number of phenols is 1. The smallest absolute Gasteiger partial charge is 0.305 e. The summed E-state index contributed by atoms with van der Waals surface area (Å²) < 4.78 is 26.4. The molecule has 0 unspecified atom stereocenters. The van der Waals surface area contributed by atoms with E-state index in [4.69, 9.17) is 23.7 Å². The maximum atomic E-state index is 14.3. The van der Waals surface area contributed by atoms with Gasteiger partial charge >= 0.3 is 11.9 Å². The second-order valence-electron chi connectivity index (χ2n) is 15.3. The third kappa shape index (κ3) is 8.79. The lowest BCUT2D eigenvalue weighted by Gasteiger charge is -2.25. The zero-order valence-corrected chi connectivity index (χ0v) is 34.5. The lowest BCUT2D eigenvalue weighted by molar-refractivity contribution is -0.145. The van der Waals surface area contributed by atoms with Gasteiger partial charge in [-0.05, 0) is 95.8 Å². The molecule has 5 aromatic carbocycles. The van der Waals surface area contributed by atoms with Gasteiger partial charge in [-0.25, -0.2) is 0 Å². The number of methoxy groups -OCH3 is 3. The fraction of sp³-hybridized carbons (Fsp3) is 0.478. The number of ether oxygens (including phenoxy) is 5. The molecular weight excluding hydrogens is 759 g/mol. The Morgan fingerprint density at radius 1 is 0.678 bits per heavy atom. The first-order valence-corrected chi connectivity index (χ1v) is 20.5. The highest BCUT2D eigenvalue weighted by Gasteiger charge is 2.32. The van der Waals surface area contributed by atoms with Crippen LogP contribution < -0.4 is 20.9 Å². The molecule has 0 fully saturated rings. The molecule has 0 spiro atoms. The van der Waals surface area contributed by atoms with Gasteiger partial charge in [0.25, 0.3) is 0 Å². The predicted molar refractivity (Wildman–Crippen MR) is 228 cm³/mol.